The van der Waals surface area contributed by atoms with E-state index in [1.54, 1.807) is 29.2 Å². The summed E-state index contributed by atoms with van der Waals surface area (Å²) in [6.07, 6.45) is 0. The topological polar surface area (TPSA) is 66.9 Å². The van der Waals surface area contributed by atoms with Gasteiger partial charge in [-0.05, 0) is 28.1 Å². The number of hydrogen-bond donors (Lipinski definition) is 0. The monoisotopic (exact) mass is 376 g/mol. The molecule has 21 heavy (non-hydrogen) atoms. The van der Waals surface area contributed by atoms with Gasteiger partial charge in [0.2, 0.25) is 15.9 Å². The molecule has 0 aromatic heterocycles. The molecule has 0 aliphatic carbocycles. The maximum Gasteiger partial charge on any atom is 0.248 e. The van der Waals surface area contributed by atoms with E-state index in [1.165, 1.54) is 11.4 Å². The van der Waals surface area contributed by atoms with E-state index in [0.29, 0.717) is 30.7 Å². The summed E-state index contributed by atoms with van der Waals surface area (Å²) in [7, 11) is -2.07. The molecule has 1 aromatic carbocycles. The maximum atomic E-state index is 12.6. The van der Waals surface area contributed by atoms with Crippen LogP contribution in [0.3, 0.4) is 0 Å². The second-order valence-electron chi connectivity index (χ2n) is 4.65. The SMILES string of the molecule is COCC(=O)N1CCN(S(=O)(=O)c2ccccc2Br)CC1. The van der Waals surface area contributed by atoms with Gasteiger partial charge in [-0.2, -0.15) is 4.31 Å². The first-order valence-electron chi connectivity index (χ1n) is 6.48. The quantitative estimate of drug-likeness (QED) is 0.783. The molecule has 1 aliphatic heterocycles. The van der Waals surface area contributed by atoms with Crippen LogP contribution in [0.5, 0.6) is 0 Å². The fourth-order valence-electron chi connectivity index (χ4n) is 2.19. The van der Waals surface area contributed by atoms with Crippen molar-refractivity contribution in [1.29, 1.82) is 0 Å². The van der Waals surface area contributed by atoms with Crippen LogP contribution in [-0.2, 0) is 19.6 Å². The predicted octanol–water partition coefficient (Wildman–Crippen LogP) is 0.928. The summed E-state index contributed by atoms with van der Waals surface area (Å²) >= 11 is 3.27. The van der Waals surface area contributed by atoms with E-state index in [-0.39, 0.29) is 17.4 Å². The Morgan fingerprint density at radius 2 is 1.86 bits per heavy atom. The number of sulfonamides is 1. The Morgan fingerprint density at radius 3 is 2.43 bits per heavy atom. The smallest absolute Gasteiger partial charge is 0.248 e. The largest absolute Gasteiger partial charge is 0.375 e. The van der Waals surface area contributed by atoms with Crippen LogP contribution >= 0.6 is 15.9 Å². The van der Waals surface area contributed by atoms with Gasteiger partial charge in [-0.1, -0.05) is 12.1 Å². The minimum Gasteiger partial charge on any atom is -0.375 e. The number of halogens is 1. The van der Waals surface area contributed by atoms with Gasteiger partial charge < -0.3 is 9.64 Å². The second kappa shape index (κ2) is 6.87. The van der Waals surface area contributed by atoms with E-state index in [2.05, 4.69) is 15.9 Å². The highest BCUT2D eigenvalue weighted by molar-refractivity contribution is 9.10. The average molecular weight is 377 g/mol. The third kappa shape index (κ3) is 3.63. The number of nitrogens with zero attached hydrogens (tertiary/aromatic N) is 2. The fraction of sp³-hybridized carbons (Fsp3) is 0.462. The number of benzene rings is 1. The van der Waals surface area contributed by atoms with E-state index < -0.39 is 10.0 Å². The maximum absolute atomic E-state index is 12.6. The molecule has 0 N–H and O–H groups in total. The molecular formula is C13H17BrN2O4S. The second-order valence-corrected chi connectivity index (χ2v) is 7.41. The molecule has 1 aromatic rings. The van der Waals surface area contributed by atoms with Gasteiger partial charge in [-0.25, -0.2) is 8.42 Å². The molecule has 0 spiro atoms. The van der Waals surface area contributed by atoms with Crippen molar-refractivity contribution in [2.24, 2.45) is 0 Å². The molecular weight excluding hydrogens is 360 g/mol. The zero-order valence-electron chi connectivity index (χ0n) is 11.7. The summed E-state index contributed by atoms with van der Waals surface area (Å²) in [6, 6.07) is 6.73. The number of hydrogen-bond acceptors (Lipinski definition) is 4. The number of amides is 1. The Labute approximate surface area is 132 Å². The van der Waals surface area contributed by atoms with Crippen LogP contribution < -0.4 is 0 Å². The van der Waals surface area contributed by atoms with Gasteiger partial charge in [0.05, 0.1) is 4.90 Å². The summed E-state index contributed by atoms with van der Waals surface area (Å²) in [6.45, 7) is 1.37. The number of carbonyl (C=O) groups excluding carboxylic acids is 1. The minimum absolute atomic E-state index is 0.0248. The standard InChI is InChI=1S/C13H17BrN2O4S/c1-20-10-13(17)15-6-8-16(9-7-15)21(18,19)12-5-3-2-4-11(12)14/h2-5H,6-10H2,1H3. The van der Waals surface area contributed by atoms with Crippen LogP contribution in [0.4, 0.5) is 0 Å². The molecule has 0 saturated carbocycles. The molecule has 1 heterocycles. The zero-order chi connectivity index (χ0) is 15.5. The van der Waals surface area contributed by atoms with E-state index in [4.69, 9.17) is 4.74 Å². The molecule has 116 valence electrons. The van der Waals surface area contributed by atoms with Crippen LogP contribution in [-0.4, -0.2) is 63.4 Å². The molecule has 0 atom stereocenters. The van der Waals surface area contributed by atoms with Crippen molar-refractivity contribution in [2.45, 2.75) is 4.90 Å². The Bertz CT molecular complexity index is 612. The predicted molar refractivity (Wildman–Crippen MR) is 81.4 cm³/mol. The van der Waals surface area contributed by atoms with Gasteiger partial charge in [0, 0.05) is 37.8 Å². The normalized spacial score (nSPS) is 17.0. The van der Waals surface area contributed by atoms with Crippen molar-refractivity contribution in [3.63, 3.8) is 0 Å². The lowest BCUT2D eigenvalue weighted by Crippen LogP contribution is -2.51. The molecule has 1 aliphatic rings. The number of ether oxygens (including phenoxy) is 1. The van der Waals surface area contributed by atoms with Crippen LogP contribution in [0.25, 0.3) is 0 Å². The Balaban J connectivity index is 2.08. The third-order valence-corrected chi connectivity index (χ3v) is 6.22. The summed E-state index contributed by atoms with van der Waals surface area (Å²) < 4.78 is 31.9. The van der Waals surface area contributed by atoms with Crippen LogP contribution in [0.1, 0.15) is 0 Å². The summed E-state index contributed by atoms with van der Waals surface area (Å²) in [5.41, 5.74) is 0. The number of rotatable bonds is 4. The lowest BCUT2D eigenvalue weighted by molar-refractivity contribution is -0.136. The van der Waals surface area contributed by atoms with Crippen molar-refractivity contribution in [1.82, 2.24) is 9.21 Å². The number of methoxy groups -OCH3 is 1. The molecule has 2 rings (SSSR count). The molecule has 6 nitrogen and oxygen atoms in total. The van der Waals surface area contributed by atoms with Gasteiger partial charge in [0.15, 0.2) is 0 Å². The van der Waals surface area contributed by atoms with Crippen LogP contribution in [0.15, 0.2) is 33.6 Å². The average Bonchev–Trinajstić information content (AvgIpc) is 2.48. The molecule has 1 fully saturated rings. The first-order valence-corrected chi connectivity index (χ1v) is 8.71. The zero-order valence-corrected chi connectivity index (χ0v) is 14.1. The fourth-order valence-corrected chi connectivity index (χ4v) is 4.57. The lowest BCUT2D eigenvalue weighted by atomic mass is 10.3. The molecule has 1 amide bonds. The lowest BCUT2D eigenvalue weighted by Gasteiger charge is -2.34. The van der Waals surface area contributed by atoms with Gasteiger partial charge in [-0.15, -0.1) is 0 Å². The Hall–Kier alpha value is -0.960. The van der Waals surface area contributed by atoms with Gasteiger partial charge in [0.25, 0.3) is 0 Å². The van der Waals surface area contributed by atoms with Crippen molar-refractivity contribution in [3.8, 4) is 0 Å². The summed E-state index contributed by atoms with van der Waals surface area (Å²) in [5, 5.41) is 0. The van der Waals surface area contributed by atoms with Crippen LogP contribution in [0, 0.1) is 0 Å². The van der Waals surface area contributed by atoms with E-state index in [0.717, 1.165) is 0 Å². The molecule has 0 bridgehead atoms. The van der Waals surface area contributed by atoms with Crippen molar-refractivity contribution >= 4 is 31.9 Å². The summed E-state index contributed by atoms with van der Waals surface area (Å²) in [5.74, 6) is -0.115. The van der Waals surface area contributed by atoms with Gasteiger partial charge >= 0.3 is 0 Å². The first kappa shape index (κ1) is 16.4. The molecule has 0 unspecified atom stereocenters. The minimum atomic E-state index is -3.54. The van der Waals surface area contributed by atoms with Crippen LogP contribution in [0.2, 0.25) is 0 Å². The number of carbonyl (C=O) groups is 1. The van der Waals surface area contributed by atoms with Crippen molar-refractivity contribution in [2.75, 3.05) is 39.9 Å². The number of piperazine rings is 1. The highest BCUT2D eigenvalue weighted by Crippen LogP contribution is 2.25. The third-order valence-electron chi connectivity index (χ3n) is 3.31. The van der Waals surface area contributed by atoms with Crippen molar-refractivity contribution < 1.29 is 17.9 Å². The van der Waals surface area contributed by atoms with E-state index >= 15 is 0 Å². The molecule has 8 heteroatoms. The summed E-state index contributed by atoms with van der Waals surface area (Å²) in [4.78, 5) is 13.6. The first-order chi connectivity index (χ1) is 9.96. The van der Waals surface area contributed by atoms with Gasteiger partial charge in [0.1, 0.15) is 6.61 Å². The highest BCUT2D eigenvalue weighted by atomic mass is 79.9. The molecule has 0 radical (unpaired) electrons. The van der Waals surface area contributed by atoms with Crippen molar-refractivity contribution in [3.05, 3.63) is 28.7 Å². The van der Waals surface area contributed by atoms with E-state index in [9.17, 15) is 13.2 Å². The Kier molecular flexibility index (Phi) is 5.37. The van der Waals surface area contributed by atoms with E-state index in [1.807, 2.05) is 0 Å². The Morgan fingerprint density at radius 1 is 1.24 bits per heavy atom. The van der Waals surface area contributed by atoms with Gasteiger partial charge in [-0.3, -0.25) is 4.79 Å². The molecule has 1 saturated heterocycles. The highest BCUT2D eigenvalue weighted by Gasteiger charge is 2.30.